The van der Waals surface area contributed by atoms with E-state index in [9.17, 15) is 0 Å². The highest BCUT2D eigenvalue weighted by molar-refractivity contribution is 5.47. The molecule has 0 aliphatic carbocycles. The van der Waals surface area contributed by atoms with Crippen molar-refractivity contribution in [2.24, 2.45) is 0 Å². The molecule has 2 heterocycles. The van der Waals surface area contributed by atoms with Gasteiger partial charge in [0, 0.05) is 12.1 Å². The van der Waals surface area contributed by atoms with E-state index >= 15 is 0 Å². The second kappa shape index (κ2) is 4.14. The fourth-order valence-electron chi connectivity index (χ4n) is 1.80. The second-order valence-corrected chi connectivity index (χ2v) is 4.12. The van der Waals surface area contributed by atoms with Crippen LogP contribution in [-0.4, -0.2) is 23.1 Å². The molecule has 0 atom stereocenters. The summed E-state index contributed by atoms with van der Waals surface area (Å²) in [4.78, 5) is 8.91. The monoisotopic (exact) mass is 207 g/mol. The molecule has 4 nitrogen and oxygen atoms in total. The zero-order chi connectivity index (χ0) is 10.8. The van der Waals surface area contributed by atoms with Crippen molar-refractivity contribution in [1.82, 2.24) is 9.97 Å². The molecule has 1 aromatic rings. The molecule has 0 saturated carbocycles. The number of fused-ring (bicyclic) bond motifs is 1. The summed E-state index contributed by atoms with van der Waals surface area (Å²) < 4.78 is 5.51. The van der Waals surface area contributed by atoms with Gasteiger partial charge < -0.3 is 10.1 Å². The Kier molecular flexibility index (Phi) is 2.86. The first-order valence-electron chi connectivity index (χ1n) is 5.37. The summed E-state index contributed by atoms with van der Waals surface area (Å²) >= 11 is 0. The van der Waals surface area contributed by atoms with Gasteiger partial charge in [0.05, 0.1) is 18.9 Å². The van der Waals surface area contributed by atoms with Gasteiger partial charge in [0.15, 0.2) is 0 Å². The van der Waals surface area contributed by atoms with Crippen LogP contribution in [0, 0.1) is 6.92 Å². The smallest absolute Gasteiger partial charge is 0.135 e. The predicted molar refractivity (Wildman–Crippen MR) is 59.0 cm³/mol. The van der Waals surface area contributed by atoms with Gasteiger partial charge in [-0.05, 0) is 12.8 Å². The second-order valence-electron chi connectivity index (χ2n) is 4.12. The molecule has 15 heavy (non-hydrogen) atoms. The summed E-state index contributed by atoms with van der Waals surface area (Å²) in [6.45, 7) is 8.39. The number of nitrogens with one attached hydrogen (secondary N) is 1. The van der Waals surface area contributed by atoms with E-state index in [4.69, 9.17) is 4.74 Å². The van der Waals surface area contributed by atoms with E-state index in [2.05, 4.69) is 29.1 Å². The van der Waals surface area contributed by atoms with Crippen molar-refractivity contribution >= 4 is 5.82 Å². The third kappa shape index (κ3) is 2.09. The van der Waals surface area contributed by atoms with Crippen LogP contribution in [0.1, 0.15) is 36.8 Å². The Labute approximate surface area is 90.1 Å². The molecule has 1 aromatic heterocycles. The molecule has 1 aliphatic heterocycles. The molecule has 2 rings (SSSR count). The average molecular weight is 207 g/mol. The highest BCUT2D eigenvalue weighted by atomic mass is 16.5. The highest BCUT2D eigenvalue weighted by Gasteiger charge is 2.17. The molecule has 4 heteroatoms. The minimum Gasteiger partial charge on any atom is -0.375 e. The lowest BCUT2D eigenvalue weighted by Crippen LogP contribution is -2.09. The van der Waals surface area contributed by atoms with Gasteiger partial charge in [-0.2, -0.15) is 0 Å². The summed E-state index contributed by atoms with van der Waals surface area (Å²) in [5.74, 6) is 2.18. The Morgan fingerprint density at radius 3 is 2.87 bits per heavy atom. The van der Waals surface area contributed by atoms with Crippen molar-refractivity contribution in [3.8, 4) is 0 Å². The summed E-state index contributed by atoms with van der Waals surface area (Å²) in [6, 6.07) is 0. The summed E-state index contributed by atoms with van der Waals surface area (Å²) in [7, 11) is 0. The van der Waals surface area contributed by atoms with E-state index in [1.54, 1.807) is 0 Å². The van der Waals surface area contributed by atoms with Crippen LogP contribution in [0.2, 0.25) is 0 Å². The van der Waals surface area contributed by atoms with Crippen LogP contribution in [-0.2, 0) is 11.3 Å². The lowest BCUT2D eigenvalue weighted by molar-refractivity contribution is 0.133. The Morgan fingerprint density at radius 1 is 1.33 bits per heavy atom. The normalized spacial score (nSPS) is 15.7. The van der Waals surface area contributed by atoms with Crippen LogP contribution in [0.4, 0.5) is 5.82 Å². The lowest BCUT2D eigenvalue weighted by atomic mass is 10.0. The molecule has 0 radical (unpaired) electrons. The van der Waals surface area contributed by atoms with Gasteiger partial charge in [-0.15, -0.1) is 0 Å². The Bertz CT molecular complexity index is 363. The lowest BCUT2D eigenvalue weighted by Gasteiger charge is -2.14. The molecule has 82 valence electrons. The molecule has 0 unspecified atom stereocenters. The molecule has 0 fully saturated rings. The number of hydrogen-bond acceptors (Lipinski definition) is 4. The quantitative estimate of drug-likeness (QED) is 0.763. The van der Waals surface area contributed by atoms with Gasteiger partial charge in [0.25, 0.3) is 0 Å². The molecule has 0 amide bonds. The van der Waals surface area contributed by atoms with E-state index in [1.165, 1.54) is 0 Å². The van der Waals surface area contributed by atoms with Crippen molar-refractivity contribution in [2.45, 2.75) is 33.3 Å². The highest BCUT2D eigenvalue weighted by Crippen LogP contribution is 2.25. The van der Waals surface area contributed by atoms with Crippen molar-refractivity contribution in [3.05, 3.63) is 17.1 Å². The van der Waals surface area contributed by atoms with Gasteiger partial charge in [-0.25, -0.2) is 9.97 Å². The van der Waals surface area contributed by atoms with Crippen molar-refractivity contribution in [3.63, 3.8) is 0 Å². The third-order valence-electron chi connectivity index (χ3n) is 2.48. The van der Waals surface area contributed by atoms with E-state index in [0.29, 0.717) is 12.5 Å². The molecule has 0 aromatic carbocycles. The maximum Gasteiger partial charge on any atom is 0.135 e. The Balaban J connectivity index is 2.50. The van der Waals surface area contributed by atoms with E-state index < -0.39 is 0 Å². The third-order valence-corrected chi connectivity index (χ3v) is 2.48. The largest absolute Gasteiger partial charge is 0.375 e. The average Bonchev–Trinajstić information content (AvgIpc) is 2.41. The number of rotatable bonds is 1. The Morgan fingerprint density at radius 2 is 2.13 bits per heavy atom. The number of hydrogen-bond donors (Lipinski definition) is 1. The van der Waals surface area contributed by atoms with Crippen LogP contribution in [0.3, 0.4) is 0 Å². The summed E-state index contributed by atoms with van der Waals surface area (Å²) in [5, 5.41) is 3.29. The predicted octanol–water partition coefficient (Wildman–Crippen LogP) is 1.85. The maximum absolute atomic E-state index is 5.51. The number of nitrogens with zero attached hydrogens (tertiary/aromatic N) is 2. The topological polar surface area (TPSA) is 47.0 Å². The van der Waals surface area contributed by atoms with E-state index in [1.807, 2.05) is 6.92 Å². The zero-order valence-electron chi connectivity index (χ0n) is 9.50. The van der Waals surface area contributed by atoms with Gasteiger partial charge in [0.2, 0.25) is 0 Å². The fraction of sp³-hybridized carbons (Fsp3) is 0.636. The summed E-state index contributed by atoms with van der Waals surface area (Å²) in [5.41, 5.74) is 2.22. The molecule has 1 N–H and O–H groups in total. The first-order chi connectivity index (χ1) is 7.18. The van der Waals surface area contributed by atoms with E-state index in [-0.39, 0.29) is 0 Å². The standard InChI is InChI=1S/C11H17N3O/c1-7(2)10-9-6-15-5-4-12-11(9)14-8(3)13-10/h7H,4-6H2,1-3H3,(H,12,13,14). The van der Waals surface area contributed by atoms with Crippen molar-refractivity contribution in [1.29, 1.82) is 0 Å². The molecule has 0 bridgehead atoms. The zero-order valence-corrected chi connectivity index (χ0v) is 9.50. The van der Waals surface area contributed by atoms with Crippen LogP contribution in [0.25, 0.3) is 0 Å². The van der Waals surface area contributed by atoms with Gasteiger partial charge in [0.1, 0.15) is 11.6 Å². The van der Waals surface area contributed by atoms with Crippen LogP contribution in [0.15, 0.2) is 0 Å². The van der Waals surface area contributed by atoms with E-state index in [0.717, 1.165) is 36.1 Å². The number of anilines is 1. The van der Waals surface area contributed by atoms with Crippen LogP contribution >= 0.6 is 0 Å². The van der Waals surface area contributed by atoms with Gasteiger partial charge in [-0.1, -0.05) is 13.8 Å². The number of ether oxygens (including phenoxy) is 1. The van der Waals surface area contributed by atoms with Crippen molar-refractivity contribution < 1.29 is 4.74 Å². The molecular weight excluding hydrogens is 190 g/mol. The SMILES string of the molecule is Cc1nc2c(c(C(C)C)n1)COCCN2. The van der Waals surface area contributed by atoms with Crippen molar-refractivity contribution in [2.75, 3.05) is 18.5 Å². The van der Waals surface area contributed by atoms with Gasteiger partial charge >= 0.3 is 0 Å². The molecular formula is C11H17N3O. The summed E-state index contributed by atoms with van der Waals surface area (Å²) in [6.07, 6.45) is 0. The van der Waals surface area contributed by atoms with Gasteiger partial charge in [-0.3, -0.25) is 0 Å². The molecule has 0 spiro atoms. The minimum atomic E-state index is 0.406. The molecule has 1 aliphatic rings. The maximum atomic E-state index is 5.51. The Hall–Kier alpha value is -1.16. The fourth-order valence-corrected chi connectivity index (χ4v) is 1.80. The first kappa shape index (κ1) is 10.4. The van der Waals surface area contributed by atoms with Crippen LogP contribution in [0.5, 0.6) is 0 Å². The number of aryl methyl sites for hydroxylation is 1. The minimum absolute atomic E-state index is 0.406. The number of aromatic nitrogens is 2. The van der Waals surface area contributed by atoms with Crippen LogP contribution < -0.4 is 5.32 Å². The first-order valence-corrected chi connectivity index (χ1v) is 5.37. The molecule has 0 saturated heterocycles.